The molecule has 0 unspecified atom stereocenters. The summed E-state index contributed by atoms with van der Waals surface area (Å²) in [7, 11) is 2.07. The molecule has 9 heavy (non-hydrogen) atoms. The van der Waals surface area contributed by atoms with Crippen molar-refractivity contribution in [3.8, 4) is 0 Å². The highest BCUT2D eigenvalue weighted by molar-refractivity contribution is 5.73. The Kier molecular flexibility index (Phi) is 1.74. The van der Waals surface area contributed by atoms with Crippen molar-refractivity contribution >= 4 is 5.90 Å². The minimum absolute atomic E-state index is 0.539. The maximum atomic E-state index is 5.37. The molecular formula is C7H14NO+. The summed E-state index contributed by atoms with van der Waals surface area (Å²) < 4.78 is 7.54. The van der Waals surface area contributed by atoms with Gasteiger partial charge in [0.1, 0.15) is 7.05 Å². The molecule has 1 aliphatic rings. The van der Waals surface area contributed by atoms with Gasteiger partial charge in [0.05, 0.1) is 5.92 Å². The number of nitrogens with zero attached hydrogens (tertiary/aromatic N) is 1. The first-order chi connectivity index (χ1) is 4.22. The molecule has 0 saturated heterocycles. The molecule has 0 saturated carbocycles. The SMILES string of the molecule is CC(C)C1=[N+](C)CCO1. The molecule has 52 valence electrons. The van der Waals surface area contributed by atoms with Crippen LogP contribution in [0.2, 0.25) is 0 Å². The zero-order valence-corrected chi connectivity index (χ0v) is 6.35. The van der Waals surface area contributed by atoms with Crippen molar-refractivity contribution in [1.82, 2.24) is 0 Å². The molecule has 0 radical (unpaired) electrons. The highest BCUT2D eigenvalue weighted by atomic mass is 16.5. The Hall–Kier alpha value is -0.530. The van der Waals surface area contributed by atoms with Crippen molar-refractivity contribution in [1.29, 1.82) is 0 Å². The molecule has 2 nitrogen and oxygen atoms in total. The van der Waals surface area contributed by atoms with Crippen molar-refractivity contribution in [3.63, 3.8) is 0 Å². The fourth-order valence-electron chi connectivity index (χ4n) is 1.11. The lowest BCUT2D eigenvalue weighted by molar-refractivity contribution is -0.489. The monoisotopic (exact) mass is 128 g/mol. The lowest BCUT2D eigenvalue weighted by atomic mass is 10.2. The molecule has 1 heterocycles. The quantitative estimate of drug-likeness (QED) is 0.474. The van der Waals surface area contributed by atoms with Crippen LogP contribution in [-0.4, -0.2) is 30.7 Å². The minimum atomic E-state index is 0.539. The lowest BCUT2D eigenvalue weighted by Crippen LogP contribution is -2.16. The molecule has 0 bridgehead atoms. The van der Waals surface area contributed by atoms with Gasteiger partial charge in [0.15, 0.2) is 13.2 Å². The zero-order chi connectivity index (χ0) is 6.85. The van der Waals surface area contributed by atoms with Crippen molar-refractivity contribution < 1.29 is 9.31 Å². The van der Waals surface area contributed by atoms with E-state index in [4.69, 9.17) is 4.74 Å². The molecule has 0 spiro atoms. The fraction of sp³-hybridized carbons (Fsp3) is 0.857. The molecule has 0 atom stereocenters. The van der Waals surface area contributed by atoms with E-state index in [1.165, 1.54) is 0 Å². The molecule has 0 fully saturated rings. The molecule has 2 heteroatoms. The Morgan fingerprint density at radius 3 is 2.44 bits per heavy atom. The fourth-order valence-corrected chi connectivity index (χ4v) is 1.11. The van der Waals surface area contributed by atoms with Gasteiger partial charge in [-0.1, -0.05) is 0 Å². The van der Waals surface area contributed by atoms with E-state index in [0.29, 0.717) is 5.92 Å². The molecule has 0 amide bonds. The van der Waals surface area contributed by atoms with Crippen LogP contribution in [0.3, 0.4) is 0 Å². The summed E-state index contributed by atoms with van der Waals surface area (Å²) in [6, 6.07) is 0. The van der Waals surface area contributed by atoms with Crippen molar-refractivity contribution in [2.24, 2.45) is 5.92 Å². The summed E-state index contributed by atoms with van der Waals surface area (Å²) in [4.78, 5) is 0. The number of likely N-dealkylation sites (N-methyl/N-ethyl adjacent to an activating group) is 1. The summed E-state index contributed by atoms with van der Waals surface area (Å²) in [5, 5.41) is 0. The molecule has 0 aromatic heterocycles. The third-order valence-corrected chi connectivity index (χ3v) is 1.55. The van der Waals surface area contributed by atoms with E-state index < -0.39 is 0 Å². The van der Waals surface area contributed by atoms with E-state index in [1.54, 1.807) is 0 Å². The summed E-state index contributed by atoms with van der Waals surface area (Å²) in [5.74, 6) is 1.67. The molecule has 0 N–H and O–H groups in total. The molecule has 0 aromatic carbocycles. The predicted octanol–water partition coefficient (Wildman–Crippen LogP) is 0.713. The van der Waals surface area contributed by atoms with E-state index in [9.17, 15) is 0 Å². The number of ether oxygens (including phenoxy) is 1. The van der Waals surface area contributed by atoms with Gasteiger partial charge in [0, 0.05) is 0 Å². The largest absolute Gasteiger partial charge is 0.441 e. The Labute approximate surface area is 56.1 Å². The summed E-state index contributed by atoms with van der Waals surface area (Å²) >= 11 is 0. The Morgan fingerprint density at radius 2 is 2.22 bits per heavy atom. The van der Waals surface area contributed by atoms with Gasteiger partial charge >= 0.3 is 5.90 Å². The van der Waals surface area contributed by atoms with Crippen molar-refractivity contribution in [3.05, 3.63) is 0 Å². The smallest absolute Gasteiger partial charge is 0.338 e. The topological polar surface area (TPSA) is 12.2 Å². The summed E-state index contributed by atoms with van der Waals surface area (Å²) in [6.07, 6.45) is 0. The lowest BCUT2D eigenvalue weighted by Gasteiger charge is -1.98. The van der Waals surface area contributed by atoms with Crippen molar-refractivity contribution in [2.45, 2.75) is 13.8 Å². The van der Waals surface area contributed by atoms with Crippen LogP contribution in [0.4, 0.5) is 0 Å². The second-order valence-electron chi connectivity index (χ2n) is 2.76. The number of hydrogen-bond donors (Lipinski definition) is 0. The van der Waals surface area contributed by atoms with Crippen LogP contribution in [0.5, 0.6) is 0 Å². The molecule has 0 aliphatic carbocycles. The molecule has 0 aromatic rings. The minimum Gasteiger partial charge on any atom is -0.441 e. The first kappa shape index (κ1) is 6.59. The van der Waals surface area contributed by atoms with Gasteiger partial charge < -0.3 is 4.74 Å². The van der Waals surface area contributed by atoms with Crippen LogP contribution in [-0.2, 0) is 4.74 Å². The van der Waals surface area contributed by atoms with Crippen LogP contribution in [0.1, 0.15) is 13.8 Å². The van der Waals surface area contributed by atoms with Gasteiger partial charge in [0.2, 0.25) is 0 Å². The van der Waals surface area contributed by atoms with E-state index in [-0.39, 0.29) is 0 Å². The van der Waals surface area contributed by atoms with Crippen LogP contribution in [0.25, 0.3) is 0 Å². The van der Waals surface area contributed by atoms with Crippen LogP contribution in [0.15, 0.2) is 0 Å². The van der Waals surface area contributed by atoms with Crippen molar-refractivity contribution in [2.75, 3.05) is 20.2 Å². The molecular weight excluding hydrogens is 114 g/mol. The van der Waals surface area contributed by atoms with Gasteiger partial charge in [-0.25, -0.2) is 4.58 Å². The average molecular weight is 128 g/mol. The van der Waals surface area contributed by atoms with E-state index in [1.807, 2.05) is 0 Å². The van der Waals surface area contributed by atoms with Gasteiger partial charge in [-0.2, -0.15) is 0 Å². The standard InChI is InChI=1S/C7H14NO/c1-6(2)7-8(3)4-5-9-7/h6H,4-5H2,1-3H3/q+1. The summed E-state index contributed by atoms with van der Waals surface area (Å²) in [5.41, 5.74) is 0. The average Bonchev–Trinajstić information content (AvgIpc) is 2.13. The maximum Gasteiger partial charge on any atom is 0.338 e. The van der Waals surface area contributed by atoms with E-state index in [0.717, 1.165) is 19.0 Å². The number of rotatable bonds is 1. The molecule has 1 rings (SSSR count). The van der Waals surface area contributed by atoms with Gasteiger partial charge in [0.25, 0.3) is 0 Å². The van der Waals surface area contributed by atoms with E-state index in [2.05, 4.69) is 25.5 Å². The molecule has 1 aliphatic heterocycles. The second kappa shape index (κ2) is 2.38. The van der Waals surface area contributed by atoms with Crippen LogP contribution < -0.4 is 0 Å². The highest BCUT2D eigenvalue weighted by Gasteiger charge is 2.22. The Bertz CT molecular complexity index is 138. The number of hydrogen-bond acceptors (Lipinski definition) is 1. The van der Waals surface area contributed by atoms with Crippen LogP contribution >= 0.6 is 0 Å². The summed E-state index contributed by atoms with van der Waals surface area (Å²) in [6.45, 7) is 6.21. The zero-order valence-electron chi connectivity index (χ0n) is 6.35. The van der Waals surface area contributed by atoms with Gasteiger partial charge in [-0.15, -0.1) is 0 Å². The second-order valence-corrected chi connectivity index (χ2v) is 2.76. The van der Waals surface area contributed by atoms with Crippen LogP contribution in [0, 0.1) is 5.92 Å². The highest BCUT2D eigenvalue weighted by Crippen LogP contribution is 2.02. The van der Waals surface area contributed by atoms with E-state index >= 15 is 0 Å². The normalized spacial score (nSPS) is 19.1. The maximum absolute atomic E-state index is 5.37. The van der Waals surface area contributed by atoms with Gasteiger partial charge in [-0.05, 0) is 13.8 Å². The third kappa shape index (κ3) is 1.23. The van der Waals surface area contributed by atoms with Gasteiger partial charge in [-0.3, -0.25) is 0 Å². The first-order valence-corrected chi connectivity index (χ1v) is 3.42. The predicted molar refractivity (Wildman–Crippen MR) is 36.8 cm³/mol. The first-order valence-electron chi connectivity index (χ1n) is 3.42. The Morgan fingerprint density at radius 1 is 1.56 bits per heavy atom. The Balaban J connectivity index is 2.66. The third-order valence-electron chi connectivity index (χ3n) is 1.55.